The van der Waals surface area contributed by atoms with Gasteiger partial charge < -0.3 is 25.5 Å². The molecule has 0 fully saturated rings. The molecule has 0 saturated heterocycles. The van der Waals surface area contributed by atoms with E-state index in [0.717, 1.165) is 31.2 Å². The van der Waals surface area contributed by atoms with E-state index in [0.29, 0.717) is 0 Å². The molecule has 0 aliphatic rings. The molecule has 2 rings (SSSR count). The molecule has 0 radical (unpaired) electrons. The molecule has 0 aliphatic carbocycles. The lowest BCUT2D eigenvalue weighted by Gasteiger charge is -2.25. The van der Waals surface area contributed by atoms with Crippen molar-refractivity contribution < 1.29 is 25.5 Å². The van der Waals surface area contributed by atoms with Crippen LogP contribution in [0.1, 0.15) is 56.7 Å². The summed E-state index contributed by atoms with van der Waals surface area (Å²) in [5.41, 5.74) is -0.0282. The molecule has 0 unspecified atom stereocenters. The third-order valence-electron chi connectivity index (χ3n) is 4.66. The molecular weight excluding hydrogens is 332 g/mol. The quantitative estimate of drug-likeness (QED) is 0.490. The molecule has 0 aromatic heterocycles. The summed E-state index contributed by atoms with van der Waals surface area (Å²) in [4.78, 5) is 0. The second-order valence-electron chi connectivity index (χ2n) is 7.32. The highest BCUT2D eigenvalue weighted by atomic mass is 16.3. The summed E-state index contributed by atoms with van der Waals surface area (Å²) in [6.45, 7) is 6.64. The molecule has 5 N–H and O–H groups in total. The fourth-order valence-corrected chi connectivity index (χ4v) is 3.14. The Labute approximate surface area is 154 Å². The fourth-order valence-electron chi connectivity index (χ4n) is 3.14. The van der Waals surface area contributed by atoms with Gasteiger partial charge in [0.1, 0.15) is 23.0 Å². The number of aromatic hydroxyl groups is 4. The Kier molecular flexibility index (Phi) is 5.71. The summed E-state index contributed by atoms with van der Waals surface area (Å²) in [5.74, 6) is -0.810. The highest BCUT2D eigenvalue weighted by Crippen LogP contribution is 2.49. The van der Waals surface area contributed by atoms with Crippen LogP contribution < -0.4 is 0 Å². The Bertz CT molecular complexity index is 780. The molecule has 0 heterocycles. The average Bonchev–Trinajstić information content (AvgIpc) is 2.53. The number of rotatable bonds is 6. The zero-order chi connectivity index (χ0) is 19.6. The van der Waals surface area contributed by atoms with Crippen molar-refractivity contribution in [2.75, 3.05) is 0 Å². The number of aryl methyl sites for hydroxylation is 1. The summed E-state index contributed by atoms with van der Waals surface area (Å²) in [5, 5.41) is 52.1. The molecule has 0 bridgehead atoms. The van der Waals surface area contributed by atoms with Crippen LogP contribution in [0.15, 0.2) is 18.2 Å². The number of phenolic OH excluding ortho intramolecular Hbond substituents is 4. The van der Waals surface area contributed by atoms with Gasteiger partial charge in [-0.25, -0.2) is 0 Å². The SMILES string of the molecule is CCCCCc1cc(O)c(-c2c(C(C)(C)O)cc(O)c(C)c2O)c(O)c1. The van der Waals surface area contributed by atoms with Crippen molar-refractivity contribution in [1.29, 1.82) is 0 Å². The van der Waals surface area contributed by atoms with Gasteiger partial charge in [-0.3, -0.25) is 0 Å². The highest BCUT2D eigenvalue weighted by Gasteiger charge is 2.29. The summed E-state index contributed by atoms with van der Waals surface area (Å²) in [7, 11) is 0. The van der Waals surface area contributed by atoms with Crippen LogP contribution in [0.5, 0.6) is 23.0 Å². The third-order valence-corrected chi connectivity index (χ3v) is 4.66. The maximum atomic E-state index is 10.6. The van der Waals surface area contributed by atoms with Crippen LogP contribution >= 0.6 is 0 Å². The van der Waals surface area contributed by atoms with E-state index in [-0.39, 0.29) is 45.3 Å². The van der Waals surface area contributed by atoms with E-state index < -0.39 is 5.60 Å². The molecule has 0 atom stereocenters. The van der Waals surface area contributed by atoms with Crippen molar-refractivity contribution in [3.63, 3.8) is 0 Å². The van der Waals surface area contributed by atoms with Crippen LogP contribution in [-0.2, 0) is 12.0 Å². The molecule has 2 aromatic carbocycles. The van der Waals surface area contributed by atoms with E-state index in [1.807, 2.05) is 0 Å². The molecule has 0 amide bonds. The van der Waals surface area contributed by atoms with Gasteiger partial charge in [-0.2, -0.15) is 0 Å². The minimum Gasteiger partial charge on any atom is -0.508 e. The van der Waals surface area contributed by atoms with E-state index in [4.69, 9.17) is 0 Å². The van der Waals surface area contributed by atoms with Crippen molar-refractivity contribution in [3.05, 3.63) is 34.9 Å². The smallest absolute Gasteiger partial charge is 0.130 e. The number of aliphatic hydroxyl groups is 1. The van der Waals surface area contributed by atoms with Gasteiger partial charge in [-0.05, 0) is 62.9 Å². The molecule has 0 saturated carbocycles. The van der Waals surface area contributed by atoms with Gasteiger partial charge in [0, 0.05) is 11.1 Å². The summed E-state index contributed by atoms with van der Waals surface area (Å²) in [6.07, 6.45) is 3.82. The topological polar surface area (TPSA) is 101 Å². The van der Waals surface area contributed by atoms with Crippen LogP contribution in [0.25, 0.3) is 11.1 Å². The Hall–Kier alpha value is -2.40. The van der Waals surface area contributed by atoms with E-state index in [1.165, 1.54) is 26.8 Å². The number of hydrogen-bond donors (Lipinski definition) is 5. The second kappa shape index (κ2) is 7.46. The predicted molar refractivity (Wildman–Crippen MR) is 102 cm³/mol. The molecule has 5 heteroatoms. The summed E-state index contributed by atoms with van der Waals surface area (Å²) in [6, 6.07) is 4.49. The van der Waals surface area contributed by atoms with Crippen LogP contribution in [0, 0.1) is 6.92 Å². The number of phenols is 4. The summed E-state index contributed by atoms with van der Waals surface area (Å²) >= 11 is 0. The van der Waals surface area contributed by atoms with Crippen molar-refractivity contribution in [2.24, 2.45) is 0 Å². The standard InChI is InChI=1S/C21H28O5/c1-5-6-7-8-13-9-16(23)19(17(24)10-13)18-14(21(3,4)26)11-15(22)12(2)20(18)25/h9-11,22-26H,5-8H2,1-4H3. The molecule has 26 heavy (non-hydrogen) atoms. The molecular formula is C21H28O5. The lowest BCUT2D eigenvalue weighted by atomic mass is 9.86. The van der Waals surface area contributed by atoms with E-state index in [2.05, 4.69) is 6.92 Å². The minimum atomic E-state index is -1.41. The lowest BCUT2D eigenvalue weighted by Crippen LogP contribution is -2.17. The van der Waals surface area contributed by atoms with Crippen molar-refractivity contribution in [3.8, 4) is 34.1 Å². The normalized spacial score (nSPS) is 11.7. The maximum Gasteiger partial charge on any atom is 0.130 e. The number of unbranched alkanes of at least 4 members (excludes halogenated alkanes) is 2. The first-order valence-electron chi connectivity index (χ1n) is 8.91. The van der Waals surface area contributed by atoms with Gasteiger partial charge in [0.05, 0.1) is 11.2 Å². The predicted octanol–water partition coefficient (Wildman–Crippen LogP) is 4.44. The molecule has 2 aromatic rings. The highest BCUT2D eigenvalue weighted by molar-refractivity contribution is 5.85. The van der Waals surface area contributed by atoms with Gasteiger partial charge in [0.15, 0.2) is 0 Å². The van der Waals surface area contributed by atoms with Gasteiger partial charge in [0.2, 0.25) is 0 Å². The monoisotopic (exact) mass is 360 g/mol. The van der Waals surface area contributed by atoms with Crippen LogP contribution in [0.3, 0.4) is 0 Å². The van der Waals surface area contributed by atoms with E-state index in [9.17, 15) is 25.5 Å². The molecule has 142 valence electrons. The van der Waals surface area contributed by atoms with E-state index >= 15 is 0 Å². The Morgan fingerprint density at radius 1 is 0.846 bits per heavy atom. The van der Waals surface area contributed by atoms with Crippen LogP contribution in [0.4, 0.5) is 0 Å². The third kappa shape index (κ3) is 3.88. The first-order chi connectivity index (χ1) is 12.1. The number of hydrogen-bond acceptors (Lipinski definition) is 5. The summed E-state index contributed by atoms with van der Waals surface area (Å²) < 4.78 is 0. The Balaban J connectivity index is 2.67. The van der Waals surface area contributed by atoms with Crippen LogP contribution in [-0.4, -0.2) is 25.5 Å². The second-order valence-corrected chi connectivity index (χ2v) is 7.32. The van der Waals surface area contributed by atoms with Gasteiger partial charge in [-0.1, -0.05) is 19.8 Å². The average molecular weight is 360 g/mol. The van der Waals surface area contributed by atoms with E-state index in [1.54, 1.807) is 12.1 Å². The lowest BCUT2D eigenvalue weighted by molar-refractivity contribution is 0.0786. The Morgan fingerprint density at radius 3 is 1.92 bits per heavy atom. The molecule has 0 spiro atoms. The molecule has 0 aliphatic heterocycles. The maximum absolute atomic E-state index is 10.6. The van der Waals surface area contributed by atoms with Crippen molar-refractivity contribution >= 4 is 0 Å². The zero-order valence-electron chi connectivity index (χ0n) is 15.8. The zero-order valence-corrected chi connectivity index (χ0v) is 15.8. The van der Waals surface area contributed by atoms with Crippen molar-refractivity contribution in [2.45, 2.75) is 59.0 Å². The van der Waals surface area contributed by atoms with Crippen molar-refractivity contribution in [1.82, 2.24) is 0 Å². The van der Waals surface area contributed by atoms with Gasteiger partial charge >= 0.3 is 0 Å². The largest absolute Gasteiger partial charge is 0.508 e. The minimum absolute atomic E-state index is 0.0435. The first-order valence-corrected chi connectivity index (χ1v) is 8.91. The van der Waals surface area contributed by atoms with Gasteiger partial charge in [-0.15, -0.1) is 0 Å². The molecule has 5 nitrogen and oxygen atoms in total. The fraction of sp³-hybridized carbons (Fsp3) is 0.429. The number of benzene rings is 2. The van der Waals surface area contributed by atoms with Gasteiger partial charge in [0.25, 0.3) is 0 Å². The first kappa shape index (κ1) is 19.9. The van der Waals surface area contributed by atoms with Crippen LogP contribution in [0.2, 0.25) is 0 Å². The Morgan fingerprint density at radius 2 is 1.42 bits per heavy atom.